The lowest BCUT2D eigenvalue weighted by Gasteiger charge is -2.22. The maximum absolute atomic E-state index is 11.9. The van der Waals surface area contributed by atoms with E-state index in [0.29, 0.717) is 6.54 Å². The van der Waals surface area contributed by atoms with Crippen molar-refractivity contribution in [2.75, 3.05) is 26.3 Å². The fourth-order valence-electron chi connectivity index (χ4n) is 2.01. The molecule has 0 aliphatic carbocycles. The zero-order valence-corrected chi connectivity index (χ0v) is 11.2. The van der Waals surface area contributed by atoms with Gasteiger partial charge in [0.25, 0.3) is 0 Å². The Morgan fingerprint density at radius 2 is 2.18 bits per heavy atom. The lowest BCUT2D eigenvalue weighted by atomic mass is 9.99. The summed E-state index contributed by atoms with van der Waals surface area (Å²) >= 11 is 0. The first-order chi connectivity index (χ1) is 8.19. The van der Waals surface area contributed by atoms with Gasteiger partial charge in [-0.1, -0.05) is 13.3 Å². The van der Waals surface area contributed by atoms with Gasteiger partial charge < -0.3 is 15.4 Å². The van der Waals surface area contributed by atoms with Gasteiger partial charge in [-0.05, 0) is 39.2 Å². The molecule has 1 aliphatic heterocycles. The molecule has 1 rings (SSSR count). The highest BCUT2D eigenvalue weighted by molar-refractivity contribution is 5.86. The molecule has 0 aromatic rings. The Hall–Kier alpha value is -0.610. The molecule has 2 N–H and O–H groups in total. The predicted octanol–water partition coefficient (Wildman–Crippen LogP) is 1.45. The molecule has 4 nitrogen and oxygen atoms in total. The van der Waals surface area contributed by atoms with Crippen molar-refractivity contribution in [3.8, 4) is 0 Å². The topological polar surface area (TPSA) is 50.4 Å². The molecule has 0 aromatic heterocycles. The van der Waals surface area contributed by atoms with E-state index >= 15 is 0 Å². The van der Waals surface area contributed by atoms with E-state index < -0.39 is 0 Å². The summed E-state index contributed by atoms with van der Waals surface area (Å²) in [6.45, 7) is 7.37. The molecule has 1 aliphatic rings. The number of ether oxygens (including phenoxy) is 1. The summed E-state index contributed by atoms with van der Waals surface area (Å²) in [6.07, 6.45) is 5.20. The van der Waals surface area contributed by atoms with Crippen molar-refractivity contribution in [3.05, 3.63) is 0 Å². The Morgan fingerprint density at radius 1 is 1.41 bits per heavy atom. The van der Waals surface area contributed by atoms with Crippen molar-refractivity contribution in [2.24, 2.45) is 0 Å². The summed E-state index contributed by atoms with van der Waals surface area (Å²) in [4.78, 5) is 11.9. The molecule has 17 heavy (non-hydrogen) atoms. The van der Waals surface area contributed by atoms with E-state index in [-0.39, 0.29) is 11.4 Å². The van der Waals surface area contributed by atoms with Gasteiger partial charge in [0, 0.05) is 19.8 Å². The minimum Gasteiger partial charge on any atom is -0.381 e. The second-order valence-electron chi connectivity index (χ2n) is 4.94. The van der Waals surface area contributed by atoms with Crippen molar-refractivity contribution < 1.29 is 9.53 Å². The molecule has 0 bridgehead atoms. The number of carbonyl (C=O) groups excluding carboxylic acids is 1. The summed E-state index contributed by atoms with van der Waals surface area (Å²) in [7, 11) is 0. The van der Waals surface area contributed by atoms with E-state index in [2.05, 4.69) is 17.6 Å². The Labute approximate surface area is 104 Å². The SMILES string of the molecule is CCCCOCCCNC(=O)C1(C)CCCN1. The Balaban J connectivity index is 2.00. The summed E-state index contributed by atoms with van der Waals surface area (Å²) in [5.74, 6) is 0.128. The van der Waals surface area contributed by atoms with E-state index in [1.165, 1.54) is 6.42 Å². The van der Waals surface area contributed by atoms with Gasteiger partial charge in [-0.25, -0.2) is 0 Å². The molecule has 1 atom stereocenters. The average Bonchev–Trinajstić information content (AvgIpc) is 2.76. The van der Waals surface area contributed by atoms with Gasteiger partial charge in [-0.2, -0.15) is 0 Å². The highest BCUT2D eigenvalue weighted by Gasteiger charge is 2.35. The Morgan fingerprint density at radius 3 is 2.82 bits per heavy atom. The number of rotatable bonds is 8. The third-order valence-electron chi connectivity index (χ3n) is 3.26. The largest absolute Gasteiger partial charge is 0.381 e. The van der Waals surface area contributed by atoms with E-state index in [1.54, 1.807) is 0 Å². The predicted molar refractivity (Wildman–Crippen MR) is 69.0 cm³/mol. The van der Waals surface area contributed by atoms with Crippen LogP contribution in [-0.4, -0.2) is 37.7 Å². The maximum atomic E-state index is 11.9. The van der Waals surface area contributed by atoms with Gasteiger partial charge in [-0.15, -0.1) is 0 Å². The first kappa shape index (κ1) is 14.5. The zero-order valence-electron chi connectivity index (χ0n) is 11.2. The molecule has 100 valence electrons. The smallest absolute Gasteiger partial charge is 0.240 e. The van der Waals surface area contributed by atoms with Gasteiger partial charge in [-0.3, -0.25) is 4.79 Å². The lowest BCUT2D eigenvalue weighted by molar-refractivity contribution is -0.126. The van der Waals surface area contributed by atoms with Crippen molar-refractivity contribution in [1.29, 1.82) is 0 Å². The molecule has 0 saturated carbocycles. The van der Waals surface area contributed by atoms with E-state index in [4.69, 9.17) is 4.74 Å². The van der Waals surface area contributed by atoms with Crippen LogP contribution >= 0.6 is 0 Å². The van der Waals surface area contributed by atoms with Gasteiger partial charge >= 0.3 is 0 Å². The quantitative estimate of drug-likeness (QED) is 0.633. The third-order valence-corrected chi connectivity index (χ3v) is 3.26. The summed E-state index contributed by atoms with van der Waals surface area (Å²) < 4.78 is 5.44. The van der Waals surface area contributed by atoms with Crippen LogP contribution in [0.1, 0.15) is 46.0 Å². The van der Waals surface area contributed by atoms with E-state index in [9.17, 15) is 4.79 Å². The van der Waals surface area contributed by atoms with Crippen LogP contribution < -0.4 is 10.6 Å². The standard InChI is InChI=1S/C13H26N2O2/c1-3-4-10-17-11-6-8-14-12(16)13(2)7-5-9-15-13/h15H,3-11H2,1-2H3,(H,14,16). The molecule has 4 heteroatoms. The Kier molecular flexibility index (Phi) is 6.52. The van der Waals surface area contributed by atoms with Crippen LogP contribution in [0.4, 0.5) is 0 Å². The van der Waals surface area contributed by atoms with Crippen molar-refractivity contribution in [1.82, 2.24) is 10.6 Å². The zero-order chi connectivity index (χ0) is 12.6. The first-order valence-corrected chi connectivity index (χ1v) is 6.80. The van der Waals surface area contributed by atoms with Crippen LogP contribution in [0.5, 0.6) is 0 Å². The lowest BCUT2D eigenvalue weighted by Crippen LogP contribution is -2.51. The summed E-state index contributed by atoms with van der Waals surface area (Å²) in [6, 6.07) is 0. The highest BCUT2D eigenvalue weighted by atomic mass is 16.5. The van der Waals surface area contributed by atoms with Crippen LogP contribution in [0.25, 0.3) is 0 Å². The second kappa shape index (κ2) is 7.67. The van der Waals surface area contributed by atoms with Crippen LogP contribution in [0.15, 0.2) is 0 Å². The van der Waals surface area contributed by atoms with Crippen LogP contribution in [0.2, 0.25) is 0 Å². The number of amides is 1. The maximum Gasteiger partial charge on any atom is 0.240 e. The first-order valence-electron chi connectivity index (χ1n) is 6.80. The summed E-state index contributed by atoms with van der Waals surface area (Å²) in [5, 5.41) is 6.23. The van der Waals surface area contributed by atoms with Crippen LogP contribution in [-0.2, 0) is 9.53 Å². The summed E-state index contributed by atoms with van der Waals surface area (Å²) in [5.41, 5.74) is -0.344. The van der Waals surface area contributed by atoms with E-state index in [1.807, 2.05) is 6.92 Å². The van der Waals surface area contributed by atoms with Gasteiger partial charge in [0.05, 0.1) is 5.54 Å². The molecule has 0 radical (unpaired) electrons. The number of hydrogen-bond acceptors (Lipinski definition) is 3. The number of unbranched alkanes of at least 4 members (excludes halogenated alkanes) is 1. The number of carbonyl (C=O) groups is 1. The van der Waals surface area contributed by atoms with Crippen molar-refractivity contribution in [3.63, 3.8) is 0 Å². The minimum atomic E-state index is -0.344. The Bertz CT molecular complexity index is 225. The molecule has 1 fully saturated rings. The van der Waals surface area contributed by atoms with Gasteiger partial charge in [0.1, 0.15) is 0 Å². The van der Waals surface area contributed by atoms with Gasteiger partial charge in [0.2, 0.25) is 5.91 Å². The minimum absolute atomic E-state index is 0.128. The molecule has 1 heterocycles. The molecule has 0 spiro atoms. The number of hydrogen-bond donors (Lipinski definition) is 2. The third kappa shape index (κ3) is 5.04. The molecular weight excluding hydrogens is 216 g/mol. The fraction of sp³-hybridized carbons (Fsp3) is 0.923. The van der Waals surface area contributed by atoms with Crippen LogP contribution in [0, 0.1) is 0 Å². The normalized spacial score (nSPS) is 23.9. The second-order valence-corrected chi connectivity index (χ2v) is 4.94. The highest BCUT2D eigenvalue weighted by Crippen LogP contribution is 2.18. The fourth-order valence-corrected chi connectivity index (χ4v) is 2.01. The molecule has 1 saturated heterocycles. The van der Waals surface area contributed by atoms with Gasteiger partial charge in [0.15, 0.2) is 0 Å². The molecular formula is C13H26N2O2. The van der Waals surface area contributed by atoms with E-state index in [0.717, 1.165) is 45.4 Å². The van der Waals surface area contributed by atoms with Crippen molar-refractivity contribution in [2.45, 2.75) is 51.5 Å². The monoisotopic (exact) mass is 242 g/mol. The van der Waals surface area contributed by atoms with Crippen molar-refractivity contribution >= 4 is 5.91 Å². The van der Waals surface area contributed by atoms with Crippen LogP contribution in [0.3, 0.4) is 0 Å². The molecule has 1 amide bonds. The molecule has 0 aromatic carbocycles. The molecule has 1 unspecified atom stereocenters. The number of nitrogens with one attached hydrogen (secondary N) is 2. The average molecular weight is 242 g/mol.